The van der Waals surface area contributed by atoms with Gasteiger partial charge >= 0.3 is 6.18 Å². The van der Waals surface area contributed by atoms with E-state index in [9.17, 15) is 22.4 Å². The highest BCUT2D eigenvalue weighted by atomic mass is 19.4. The van der Waals surface area contributed by atoms with Gasteiger partial charge in [-0.15, -0.1) is 0 Å². The minimum atomic E-state index is -4.66. The molecule has 0 saturated heterocycles. The zero-order valence-electron chi connectivity index (χ0n) is 15.5. The molecule has 0 atom stereocenters. The molecule has 0 bridgehead atoms. The predicted molar refractivity (Wildman–Crippen MR) is 103 cm³/mol. The van der Waals surface area contributed by atoms with Crippen LogP contribution in [0.5, 0.6) is 0 Å². The molecule has 0 fully saturated rings. The molecule has 0 spiro atoms. The number of nitrogens with one attached hydrogen (secondary N) is 1. The van der Waals surface area contributed by atoms with Crippen molar-refractivity contribution in [2.75, 3.05) is 11.1 Å². The van der Waals surface area contributed by atoms with E-state index >= 15 is 0 Å². The summed E-state index contributed by atoms with van der Waals surface area (Å²) >= 11 is 0. The summed E-state index contributed by atoms with van der Waals surface area (Å²) in [6, 6.07) is 6.35. The van der Waals surface area contributed by atoms with Gasteiger partial charge in [-0.1, -0.05) is 17.9 Å². The Balaban J connectivity index is 1.86. The van der Waals surface area contributed by atoms with Crippen LogP contribution in [0.1, 0.15) is 32.6 Å². The van der Waals surface area contributed by atoms with Gasteiger partial charge < -0.3 is 11.1 Å². The average Bonchev–Trinajstić information content (AvgIpc) is 2.69. The Morgan fingerprint density at radius 2 is 1.77 bits per heavy atom. The molecule has 0 aliphatic carbocycles. The smallest absolute Gasteiger partial charge is 0.368 e. The van der Waals surface area contributed by atoms with Crippen molar-refractivity contribution in [1.29, 1.82) is 0 Å². The van der Waals surface area contributed by atoms with Crippen LogP contribution in [0.2, 0.25) is 0 Å². The number of carbonyl (C=O) groups excluding carboxylic acids is 1. The maximum atomic E-state index is 13.9. The van der Waals surface area contributed by atoms with E-state index in [-0.39, 0.29) is 11.5 Å². The summed E-state index contributed by atoms with van der Waals surface area (Å²) in [7, 11) is 0. The van der Waals surface area contributed by atoms with E-state index in [0.29, 0.717) is 29.3 Å². The largest absolute Gasteiger partial charge is 0.416 e. The molecule has 152 valence electrons. The zero-order valence-corrected chi connectivity index (χ0v) is 15.5. The fourth-order valence-electron chi connectivity index (χ4n) is 2.43. The molecule has 3 aromatic rings. The van der Waals surface area contributed by atoms with Crippen LogP contribution < -0.4 is 11.1 Å². The van der Waals surface area contributed by atoms with Gasteiger partial charge in [-0.3, -0.25) is 4.79 Å². The summed E-state index contributed by atoms with van der Waals surface area (Å²) in [6.45, 7) is 1.78. The lowest BCUT2D eigenvalue weighted by Crippen LogP contribution is -2.15. The molecule has 1 heterocycles. The molecule has 0 radical (unpaired) electrons. The Bertz CT molecular complexity index is 1160. The Kier molecular flexibility index (Phi) is 5.69. The van der Waals surface area contributed by atoms with Gasteiger partial charge in [0.2, 0.25) is 5.95 Å². The lowest BCUT2D eigenvalue weighted by atomic mass is 10.0. The first-order chi connectivity index (χ1) is 14.1. The first-order valence-corrected chi connectivity index (χ1v) is 8.52. The molecule has 30 heavy (non-hydrogen) atoms. The van der Waals surface area contributed by atoms with Gasteiger partial charge in [-0.25, -0.2) is 14.4 Å². The molecule has 0 aliphatic heterocycles. The zero-order chi connectivity index (χ0) is 21.9. The highest BCUT2D eigenvalue weighted by Crippen LogP contribution is 2.32. The number of nitrogens with two attached hydrogens (primary N) is 1. The van der Waals surface area contributed by atoms with Crippen LogP contribution in [-0.2, 0) is 6.18 Å². The van der Waals surface area contributed by atoms with Crippen LogP contribution in [-0.4, -0.2) is 15.9 Å². The lowest BCUT2D eigenvalue weighted by molar-refractivity contribution is -0.137. The molecular weight excluding hydrogens is 400 g/mol. The minimum absolute atomic E-state index is 0.107. The van der Waals surface area contributed by atoms with E-state index in [1.165, 1.54) is 24.5 Å². The molecule has 3 rings (SSSR count). The van der Waals surface area contributed by atoms with Crippen LogP contribution in [0.3, 0.4) is 0 Å². The van der Waals surface area contributed by atoms with Crippen molar-refractivity contribution in [3.05, 3.63) is 82.4 Å². The van der Waals surface area contributed by atoms with E-state index in [1.54, 1.807) is 13.0 Å². The van der Waals surface area contributed by atoms with Gasteiger partial charge in [0.25, 0.3) is 5.91 Å². The molecule has 1 amide bonds. The molecule has 0 aliphatic rings. The van der Waals surface area contributed by atoms with E-state index in [2.05, 4.69) is 27.1 Å². The number of benzene rings is 2. The summed E-state index contributed by atoms with van der Waals surface area (Å²) in [6.07, 6.45) is -1.78. The minimum Gasteiger partial charge on any atom is -0.368 e. The first-order valence-electron chi connectivity index (χ1n) is 8.52. The third-order valence-corrected chi connectivity index (χ3v) is 4.05. The van der Waals surface area contributed by atoms with E-state index in [4.69, 9.17) is 5.73 Å². The van der Waals surface area contributed by atoms with Gasteiger partial charge in [0.05, 0.1) is 16.8 Å². The molecule has 2 aromatic carbocycles. The van der Waals surface area contributed by atoms with Crippen LogP contribution in [0, 0.1) is 24.6 Å². The third kappa shape index (κ3) is 4.91. The SMILES string of the molecule is Cc1ccc(C(=O)Nc2cc(C(F)(F)F)ccc2F)cc1C#Cc1cnc(N)nc1. The topological polar surface area (TPSA) is 80.9 Å². The van der Waals surface area contributed by atoms with Gasteiger partial charge in [-0.05, 0) is 42.8 Å². The number of rotatable bonds is 2. The number of nitrogens with zero attached hydrogens (tertiary/aromatic N) is 2. The Morgan fingerprint density at radius 1 is 1.07 bits per heavy atom. The monoisotopic (exact) mass is 414 g/mol. The van der Waals surface area contributed by atoms with Gasteiger partial charge in [0, 0.05) is 23.5 Å². The molecular formula is C21H14F4N4O. The normalized spacial score (nSPS) is 10.8. The van der Waals surface area contributed by atoms with Crippen molar-refractivity contribution in [3.8, 4) is 11.8 Å². The van der Waals surface area contributed by atoms with Crippen LogP contribution >= 0.6 is 0 Å². The van der Waals surface area contributed by atoms with Crippen LogP contribution in [0.15, 0.2) is 48.8 Å². The highest BCUT2D eigenvalue weighted by Gasteiger charge is 2.31. The molecule has 0 saturated carbocycles. The van der Waals surface area contributed by atoms with Gasteiger partial charge in [0.1, 0.15) is 5.82 Å². The summed E-state index contributed by atoms with van der Waals surface area (Å²) in [5, 5.41) is 2.17. The second kappa shape index (κ2) is 8.21. The number of hydrogen-bond donors (Lipinski definition) is 2. The number of carbonyl (C=O) groups is 1. The molecule has 0 unspecified atom stereocenters. The van der Waals surface area contributed by atoms with Crippen LogP contribution in [0.25, 0.3) is 0 Å². The van der Waals surface area contributed by atoms with Crippen molar-refractivity contribution in [2.24, 2.45) is 0 Å². The first kappa shape index (κ1) is 20.8. The third-order valence-electron chi connectivity index (χ3n) is 4.05. The molecule has 1 aromatic heterocycles. The van der Waals surface area contributed by atoms with Crippen molar-refractivity contribution in [1.82, 2.24) is 9.97 Å². The maximum Gasteiger partial charge on any atom is 0.416 e. The molecule has 5 nitrogen and oxygen atoms in total. The highest BCUT2D eigenvalue weighted by molar-refractivity contribution is 6.04. The van der Waals surface area contributed by atoms with E-state index < -0.39 is 29.2 Å². The fourth-order valence-corrected chi connectivity index (χ4v) is 2.43. The number of anilines is 2. The number of hydrogen-bond acceptors (Lipinski definition) is 4. The van der Waals surface area contributed by atoms with Gasteiger partial charge in [0.15, 0.2) is 0 Å². The number of alkyl halides is 3. The van der Waals surface area contributed by atoms with E-state index in [1.807, 2.05) is 0 Å². The Morgan fingerprint density at radius 3 is 2.43 bits per heavy atom. The molecule has 3 N–H and O–H groups in total. The van der Waals surface area contributed by atoms with Gasteiger partial charge in [-0.2, -0.15) is 13.2 Å². The second-order valence-corrected chi connectivity index (χ2v) is 6.26. The Labute approximate surface area is 169 Å². The predicted octanol–water partition coefficient (Wildman–Crippen LogP) is 4.18. The molecule has 9 heteroatoms. The maximum absolute atomic E-state index is 13.9. The standard InChI is InChI=1S/C21H14F4N4O/c1-12-2-4-15(8-14(12)5-3-13-10-27-20(26)28-11-13)19(30)29-18-9-16(21(23,24)25)6-7-17(18)22/h2,4,6-11H,1H3,(H,29,30)(H2,26,27,28). The summed E-state index contributed by atoms with van der Waals surface area (Å²) in [4.78, 5) is 20.1. The second-order valence-electron chi connectivity index (χ2n) is 6.26. The van der Waals surface area contributed by atoms with Crippen molar-refractivity contribution < 1.29 is 22.4 Å². The summed E-state index contributed by atoms with van der Waals surface area (Å²) in [5.41, 5.74) is 5.66. The van der Waals surface area contributed by atoms with Crippen molar-refractivity contribution in [2.45, 2.75) is 13.1 Å². The summed E-state index contributed by atoms with van der Waals surface area (Å²) < 4.78 is 52.4. The quantitative estimate of drug-likeness (QED) is 0.487. The number of halogens is 4. The summed E-state index contributed by atoms with van der Waals surface area (Å²) in [5.74, 6) is 4.06. The average molecular weight is 414 g/mol. The van der Waals surface area contributed by atoms with Crippen molar-refractivity contribution >= 4 is 17.5 Å². The van der Waals surface area contributed by atoms with Crippen LogP contribution in [0.4, 0.5) is 29.2 Å². The van der Waals surface area contributed by atoms with Crippen molar-refractivity contribution in [3.63, 3.8) is 0 Å². The number of amides is 1. The number of aromatic nitrogens is 2. The number of nitrogen functional groups attached to an aromatic ring is 1. The fraction of sp³-hybridized carbons (Fsp3) is 0.0952. The lowest BCUT2D eigenvalue weighted by Gasteiger charge is -2.11. The van der Waals surface area contributed by atoms with E-state index in [0.717, 1.165) is 5.56 Å². The Hall–Kier alpha value is -3.93. The number of aryl methyl sites for hydroxylation is 1.